The minimum atomic E-state index is 0.230. The summed E-state index contributed by atoms with van der Waals surface area (Å²) >= 11 is 0. The molecule has 0 amide bonds. The van der Waals surface area contributed by atoms with E-state index >= 15 is 0 Å². The second kappa shape index (κ2) is 5.25. The van der Waals surface area contributed by atoms with Crippen molar-refractivity contribution in [2.24, 2.45) is 5.92 Å². The maximum Gasteiger partial charge on any atom is 0.166 e. The van der Waals surface area contributed by atoms with Crippen molar-refractivity contribution in [3.8, 4) is 0 Å². The van der Waals surface area contributed by atoms with Gasteiger partial charge < -0.3 is 5.32 Å². The SMILES string of the molecule is CCn1cc(C(=O)CC2CCCNC2)cn1. The first-order valence-electron chi connectivity index (χ1n) is 6.06. The van der Waals surface area contributed by atoms with E-state index in [9.17, 15) is 4.79 Å². The van der Waals surface area contributed by atoms with E-state index < -0.39 is 0 Å². The van der Waals surface area contributed by atoms with Gasteiger partial charge in [-0.2, -0.15) is 5.10 Å². The van der Waals surface area contributed by atoms with Crippen LogP contribution in [0.1, 0.15) is 36.5 Å². The maximum absolute atomic E-state index is 12.0. The summed E-state index contributed by atoms with van der Waals surface area (Å²) in [4.78, 5) is 12.0. The molecule has 0 aromatic carbocycles. The second-order valence-electron chi connectivity index (χ2n) is 4.42. The van der Waals surface area contributed by atoms with E-state index in [1.165, 1.54) is 12.8 Å². The number of hydrogen-bond acceptors (Lipinski definition) is 3. The predicted molar refractivity (Wildman–Crippen MR) is 62.4 cm³/mol. The standard InChI is InChI=1S/C12H19N3O/c1-2-15-9-11(8-14-15)12(16)6-10-4-3-5-13-7-10/h8-10,13H,2-7H2,1H3. The van der Waals surface area contributed by atoms with Crippen molar-refractivity contribution < 1.29 is 4.79 Å². The fraction of sp³-hybridized carbons (Fsp3) is 0.667. The minimum Gasteiger partial charge on any atom is -0.316 e. The van der Waals surface area contributed by atoms with Crippen LogP contribution >= 0.6 is 0 Å². The number of rotatable bonds is 4. The Hall–Kier alpha value is -1.16. The molecule has 2 rings (SSSR count). The van der Waals surface area contributed by atoms with E-state index in [2.05, 4.69) is 10.4 Å². The van der Waals surface area contributed by atoms with Gasteiger partial charge >= 0.3 is 0 Å². The summed E-state index contributed by atoms with van der Waals surface area (Å²) in [7, 11) is 0. The van der Waals surface area contributed by atoms with E-state index in [4.69, 9.17) is 0 Å². The second-order valence-corrected chi connectivity index (χ2v) is 4.42. The normalized spacial score (nSPS) is 20.9. The highest BCUT2D eigenvalue weighted by molar-refractivity contribution is 5.95. The van der Waals surface area contributed by atoms with Crippen LogP contribution in [0.3, 0.4) is 0 Å². The van der Waals surface area contributed by atoms with E-state index in [1.807, 2.05) is 13.1 Å². The molecule has 1 unspecified atom stereocenters. The number of hydrogen-bond donors (Lipinski definition) is 1. The Morgan fingerprint density at radius 1 is 1.69 bits per heavy atom. The molecule has 0 aliphatic carbocycles. The summed E-state index contributed by atoms with van der Waals surface area (Å²) in [5.74, 6) is 0.736. The summed E-state index contributed by atoms with van der Waals surface area (Å²) in [5.41, 5.74) is 0.757. The van der Waals surface area contributed by atoms with Crippen LogP contribution < -0.4 is 5.32 Å². The summed E-state index contributed by atoms with van der Waals surface area (Å²) < 4.78 is 1.80. The van der Waals surface area contributed by atoms with Crippen molar-refractivity contribution in [1.29, 1.82) is 0 Å². The molecule has 0 spiro atoms. The minimum absolute atomic E-state index is 0.230. The Morgan fingerprint density at radius 2 is 2.56 bits per heavy atom. The Kier molecular flexibility index (Phi) is 3.72. The fourth-order valence-corrected chi connectivity index (χ4v) is 2.16. The lowest BCUT2D eigenvalue weighted by atomic mass is 9.93. The number of aromatic nitrogens is 2. The number of nitrogens with one attached hydrogen (secondary N) is 1. The number of carbonyl (C=O) groups excluding carboxylic acids is 1. The Balaban J connectivity index is 1.91. The summed E-state index contributed by atoms with van der Waals surface area (Å²) in [6, 6.07) is 0. The highest BCUT2D eigenvalue weighted by Crippen LogP contribution is 2.16. The van der Waals surface area contributed by atoms with Gasteiger partial charge in [0.2, 0.25) is 0 Å². The summed E-state index contributed by atoms with van der Waals surface area (Å²) in [5, 5.41) is 7.46. The molecule has 16 heavy (non-hydrogen) atoms. The van der Waals surface area contributed by atoms with Gasteiger partial charge in [-0.15, -0.1) is 0 Å². The first kappa shape index (κ1) is 11.3. The third-order valence-corrected chi connectivity index (χ3v) is 3.15. The smallest absolute Gasteiger partial charge is 0.166 e. The molecule has 1 aromatic rings. The molecule has 4 heteroatoms. The number of ketones is 1. The van der Waals surface area contributed by atoms with Crippen molar-refractivity contribution in [2.75, 3.05) is 13.1 Å². The van der Waals surface area contributed by atoms with Gasteiger partial charge in [0.1, 0.15) is 0 Å². The molecular weight excluding hydrogens is 202 g/mol. The number of aryl methyl sites for hydroxylation is 1. The number of Topliss-reactive ketones (excluding diaryl/α,β-unsaturated/α-hetero) is 1. The van der Waals surface area contributed by atoms with Gasteiger partial charge in [-0.25, -0.2) is 0 Å². The van der Waals surface area contributed by atoms with Crippen LogP contribution in [0.4, 0.5) is 0 Å². The van der Waals surface area contributed by atoms with Crippen LogP contribution in [-0.2, 0) is 6.54 Å². The van der Waals surface area contributed by atoms with Gasteiger partial charge in [-0.3, -0.25) is 9.48 Å². The molecule has 1 atom stereocenters. The topological polar surface area (TPSA) is 46.9 Å². The van der Waals surface area contributed by atoms with E-state index in [1.54, 1.807) is 10.9 Å². The lowest BCUT2D eigenvalue weighted by Gasteiger charge is -2.21. The molecule has 0 bridgehead atoms. The Bertz CT molecular complexity index is 353. The number of nitrogens with zero attached hydrogens (tertiary/aromatic N) is 2. The molecular formula is C12H19N3O. The zero-order valence-electron chi connectivity index (χ0n) is 9.78. The van der Waals surface area contributed by atoms with Crippen LogP contribution in [0, 0.1) is 5.92 Å². The van der Waals surface area contributed by atoms with Crippen LogP contribution in [0.15, 0.2) is 12.4 Å². The molecule has 1 N–H and O–H groups in total. The predicted octanol–water partition coefficient (Wildman–Crippen LogP) is 1.48. The average Bonchev–Trinajstić information content (AvgIpc) is 2.79. The van der Waals surface area contributed by atoms with Gasteiger partial charge in [0.15, 0.2) is 5.78 Å². The lowest BCUT2D eigenvalue weighted by molar-refractivity contribution is 0.0953. The summed E-state index contributed by atoms with van der Waals surface area (Å²) in [6.07, 6.45) is 6.54. The van der Waals surface area contributed by atoms with Crippen molar-refractivity contribution >= 4 is 5.78 Å². The fourth-order valence-electron chi connectivity index (χ4n) is 2.16. The van der Waals surface area contributed by atoms with Crippen molar-refractivity contribution in [1.82, 2.24) is 15.1 Å². The largest absolute Gasteiger partial charge is 0.316 e. The highest BCUT2D eigenvalue weighted by atomic mass is 16.1. The molecule has 1 aliphatic heterocycles. The first-order valence-corrected chi connectivity index (χ1v) is 6.06. The third kappa shape index (κ3) is 2.70. The molecule has 2 heterocycles. The van der Waals surface area contributed by atoms with Gasteiger partial charge in [-0.1, -0.05) is 0 Å². The van der Waals surface area contributed by atoms with Crippen LogP contribution in [0.2, 0.25) is 0 Å². The van der Waals surface area contributed by atoms with Crippen molar-refractivity contribution in [2.45, 2.75) is 32.7 Å². The van der Waals surface area contributed by atoms with Crippen LogP contribution in [0.5, 0.6) is 0 Å². The Morgan fingerprint density at radius 3 is 3.19 bits per heavy atom. The maximum atomic E-state index is 12.0. The Labute approximate surface area is 96.0 Å². The van der Waals surface area contributed by atoms with Gasteiger partial charge in [-0.05, 0) is 38.8 Å². The molecule has 1 fully saturated rings. The highest BCUT2D eigenvalue weighted by Gasteiger charge is 2.18. The van der Waals surface area contributed by atoms with Gasteiger partial charge in [0, 0.05) is 19.2 Å². The molecule has 1 aromatic heterocycles. The molecule has 4 nitrogen and oxygen atoms in total. The summed E-state index contributed by atoms with van der Waals surface area (Å²) in [6.45, 7) is 4.91. The molecule has 1 saturated heterocycles. The molecule has 88 valence electrons. The van der Waals surface area contributed by atoms with E-state index in [0.29, 0.717) is 12.3 Å². The van der Waals surface area contributed by atoms with Crippen LogP contribution in [-0.4, -0.2) is 28.7 Å². The molecule has 0 saturated carbocycles. The zero-order valence-corrected chi connectivity index (χ0v) is 9.78. The van der Waals surface area contributed by atoms with Crippen molar-refractivity contribution in [3.63, 3.8) is 0 Å². The number of piperidine rings is 1. The lowest BCUT2D eigenvalue weighted by Crippen LogP contribution is -2.31. The molecule has 1 aliphatic rings. The van der Waals surface area contributed by atoms with Crippen molar-refractivity contribution in [3.05, 3.63) is 18.0 Å². The number of carbonyl (C=O) groups is 1. The van der Waals surface area contributed by atoms with Crippen LogP contribution in [0.25, 0.3) is 0 Å². The van der Waals surface area contributed by atoms with Gasteiger partial charge in [0.05, 0.1) is 11.8 Å². The molecule has 0 radical (unpaired) electrons. The van der Waals surface area contributed by atoms with E-state index in [-0.39, 0.29) is 5.78 Å². The first-order chi connectivity index (χ1) is 7.79. The quantitative estimate of drug-likeness (QED) is 0.783. The van der Waals surface area contributed by atoms with E-state index in [0.717, 1.165) is 25.2 Å². The van der Waals surface area contributed by atoms with Gasteiger partial charge in [0.25, 0.3) is 0 Å². The third-order valence-electron chi connectivity index (χ3n) is 3.15. The zero-order chi connectivity index (χ0) is 11.4. The monoisotopic (exact) mass is 221 g/mol. The average molecular weight is 221 g/mol.